The first-order valence-corrected chi connectivity index (χ1v) is 12.9. The zero-order chi connectivity index (χ0) is 23.9. The van der Waals surface area contributed by atoms with Crippen molar-refractivity contribution >= 4 is 26.5 Å². The molecule has 1 fully saturated rings. The van der Waals surface area contributed by atoms with Gasteiger partial charge in [-0.1, -0.05) is 30.3 Å². The number of ether oxygens (including phenoxy) is 1. The number of benzene rings is 3. The highest BCUT2D eigenvalue weighted by atomic mass is 32.2. The van der Waals surface area contributed by atoms with Gasteiger partial charge in [-0.05, 0) is 48.7 Å². The average Bonchev–Trinajstić information content (AvgIpc) is 3.38. The largest absolute Gasteiger partial charge is 0.496 e. The zero-order valence-corrected chi connectivity index (χ0v) is 19.5. The normalized spacial score (nSPS) is 17.2. The molecule has 1 saturated heterocycles. The predicted molar refractivity (Wildman–Crippen MR) is 131 cm³/mol. The number of Topliss-reactive ketones (excluding diaryl/α,β-unsaturated/α-hetero) is 1. The molecule has 1 aliphatic rings. The molecule has 7 heteroatoms. The molecule has 2 heterocycles. The maximum atomic E-state index is 13.6. The summed E-state index contributed by atoms with van der Waals surface area (Å²) in [5, 5.41) is 0.925. The molecular formula is C27H24FNO4S. The Kier molecular flexibility index (Phi) is 5.73. The Morgan fingerprint density at radius 3 is 2.53 bits per heavy atom. The molecule has 1 aromatic heterocycles. The van der Waals surface area contributed by atoms with Crippen LogP contribution in [0.2, 0.25) is 0 Å². The fourth-order valence-electron chi connectivity index (χ4n) is 4.71. The van der Waals surface area contributed by atoms with Crippen molar-refractivity contribution in [2.45, 2.75) is 12.8 Å². The number of aromatic nitrogens is 1. The van der Waals surface area contributed by atoms with Crippen LogP contribution < -0.4 is 4.74 Å². The SMILES string of the molecule is COc1ccccc1-c1cn(-c2ccc(F)cc2)c2cc(C(=O)CC3CCS(=O)(=O)C3)ccc12. The van der Waals surface area contributed by atoms with E-state index < -0.39 is 9.84 Å². The summed E-state index contributed by atoms with van der Waals surface area (Å²) in [6.07, 6.45) is 2.70. The number of ketones is 1. The van der Waals surface area contributed by atoms with Crippen LogP contribution in [-0.2, 0) is 9.84 Å². The minimum Gasteiger partial charge on any atom is -0.496 e. The topological polar surface area (TPSA) is 65.4 Å². The minimum absolute atomic E-state index is 0.0743. The lowest BCUT2D eigenvalue weighted by molar-refractivity contribution is 0.0966. The van der Waals surface area contributed by atoms with Crippen molar-refractivity contribution < 1.29 is 22.3 Å². The van der Waals surface area contributed by atoms with Gasteiger partial charge < -0.3 is 9.30 Å². The number of nitrogens with zero attached hydrogens (tertiary/aromatic N) is 1. The first kappa shape index (κ1) is 22.3. The molecule has 0 spiro atoms. The van der Waals surface area contributed by atoms with E-state index in [1.807, 2.05) is 47.2 Å². The molecule has 0 N–H and O–H groups in total. The number of halogens is 1. The molecule has 1 aliphatic heterocycles. The zero-order valence-electron chi connectivity index (χ0n) is 18.7. The number of hydrogen-bond donors (Lipinski definition) is 0. The van der Waals surface area contributed by atoms with Gasteiger partial charge in [0.15, 0.2) is 15.6 Å². The van der Waals surface area contributed by atoms with Gasteiger partial charge in [-0.25, -0.2) is 12.8 Å². The molecule has 1 unspecified atom stereocenters. The molecular weight excluding hydrogens is 453 g/mol. The number of sulfone groups is 1. The number of methoxy groups -OCH3 is 1. The molecule has 3 aromatic carbocycles. The van der Waals surface area contributed by atoms with E-state index in [0.717, 1.165) is 33.5 Å². The number of carbonyl (C=O) groups excluding carboxylic acids is 1. The van der Waals surface area contributed by atoms with E-state index in [4.69, 9.17) is 4.74 Å². The molecule has 1 atom stereocenters. The highest BCUT2D eigenvalue weighted by Crippen LogP contribution is 2.38. The van der Waals surface area contributed by atoms with Crippen LogP contribution in [0.3, 0.4) is 0 Å². The van der Waals surface area contributed by atoms with Crippen molar-refractivity contribution in [3.05, 3.63) is 84.3 Å². The lowest BCUT2D eigenvalue weighted by atomic mass is 9.96. The average molecular weight is 478 g/mol. The standard InChI is InChI=1S/C27H24FNO4S/c1-33-27-5-3-2-4-23(27)24-16-29(21-9-7-20(28)8-10-21)25-15-19(6-11-22(24)25)26(30)14-18-12-13-34(31,32)17-18/h2-11,15-16,18H,12-14,17H2,1H3. The second-order valence-electron chi connectivity index (χ2n) is 8.72. The highest BCUT2D eigenvalue weighted by molar-refractivity contribution is 7.91. The van der Waals surface area contributed by atoms with E-state index in [1.165, 1.54) is 12.1 Å². The molecule has 0 saturated carbocycles. The summed E-state index contributed by atoms with van der Waals surface area (Å²) in [5.74, 6) is 0.414. The Bertz CT molecular complexity index is 1490. The van der Waals surface area contributed by atoms with E-state index in [2.05, 4.69) is 0 Å². The van der Waals surface area contributed by atoms with Crippen LogP contribution >= 0.6 is 0 Å². The van der Waals surface area contributed by atoms with Gasteiger partial charge in [-0.15, -0.1) is 0 Å². The first-order chi connectivity index (χ1) is 16.3. The first-order valence-electron chi connectivity index (χ1n) is 11.1. The predicted octanol–water partition coefficient (Wildman–Crippen LogP) is 5.45. The van der Waals surface area contributed by atoms with Crippen molar-refractivity contribution in [1.82, 2.24) is 4.57 Å². The molecule has 4 aromatic rings. The quantitative estimate of drug-likeness (QED) is 0.346. The van der Waals surface area contributed by atoms with Crippen LogP contribution in [0.15, 0.2) is 72.9 Å². The van der Waals surface area contributed by atoms with Gasteiger partial charge in [0, 0.05) is 40.4 Å². The third-order valence-electron chi connectivity index (χ3n) is 6.43. The van der Waals surface area contributed by atoms with Gasteiger partial charge in [-0.2, -0.15) is 0 Å². The summed E-state index contributed by atoms with van der Waals surface area (Å²) >= 11 is 0. The summed E-state index contributed by atoms with van der Waals surface area (Å²) in [4.78, 5) is 13.1. The Labute approximate surface area is 197 Å². The van der Waals surface area contributed by atoms with Crippen LogP contribution in [0.5, 0.6) is 5.75 Å². The maximum Gasteiger partial charge on any atom is 0.163 e. The third-order valence-corrected chi connectivity index (χ3v) is 8.27. The molecule has 5 nitrogen and oxygen atoms in total. The molecule has 5 rings (SSSR count). The number of fused-ring (bicyclic) bond motifs is 1. The summed E-state index contributed by atoms with van der Waals surface area (Å²) < 4.78 is 44.7. The van der Waals surface area contributed by atoms with E-state index >= 15 is 0 Å². The van der Waals surface area contributed by atoms with Crippen molar-refractivity contribution in [3.63, 3.8) is 0 Å². The smallest absolute Gasteiger partial charge is 0.163 e. The van der Waals surface area contributed by atoms with E-state index in [-0.39, 0.29) is 35.4 Å². The third kappa shape index (κ3) is 4.23. The van der Waals surface area contributed by atoms with E-state index in [0.29, 0.717) is 12.0 Å². The lowest BCUT2D eigenvalue weighted by Gasteiger charge is -2.09. The van der Waals surface area contributed by atoms with Crippen molar-refractivity contribution in [2.24, 2.45) is 5.92 Å². The molecule has 0 radical (unpaired) electrons. The highest BCUT2D eigenvalue weighted by Gasteiger charge is 2.29. The van der Waals surface area contributed by atoms with Gasteiger partial charge in [0.05, 0.1) is 24.1 Å². The van der Waals surface area contributed by atoms with Crippen molar-refractivity contribution in [1.29, 1.82) is 0 Å². The Morgan fingerprint density at radius 2 is 1.82 bits per heavy atom. The van der Waals surface area contributed by atoms with Gasteiger partial charge in [0.2, 0.25) is 0 Å². The number of para-hydroxylation sites is 1. The van der Waals surface area contributed by atoms with E-state index in [1.54, 1.807) is 25.3 Å². The molecule has 0 amide bonds. The van der Waals surface area contributed by atoms with Gasteiger partial charge in [-0.3, -0.25) is 4.79 Å². The van der Waals surface area contributed by atoms with Crippen LogP contribution in [0, 0.1) is 11.7 Å². The second kappa shape index (κ2) is 8.72. The van der Waals surface area contributed by atoms with Crippen molar-refractivity contribution in [2.75, 3.05) is 18.6 Å². The number of hydrogen-bond acceptors (Lipinski definition) is 4. The summed E-state index contributed by atoms with van der Waals surface area (Å²) in [7, 11) is -1.41. The fraction of sp³-hybridized carbons (Fsp3) is 0.222. The summed E-state index contributed by atoms with van der Waals surface area (Å²) in [6.45, 7) is 0. The van der Waals surface area contributed by atoms with Gasteiger partial charge >= 0.3 is 0 Å². The monoisotopic (exact) mass is 477 g/mol. The summed E-state index contributed by atoms with van der Waals surface area (Å²) in [5.41, 5.74) is 3.94. The van der Waals surface area contributed by atoms with Gasteiger partial charge in [0.25, 0.3) is 0 Å². The Balaban J connectivity index is 1.61. The van der Waals surface area contributed by atoms with E-state index in [9.17, 15) is 17.6 Å². The Hall–Kier alpha value is -3.45. The van der Waals surface area contributed by atoms with Crippen LogP contribution in [0.25, 0.3) is 27.7 Å². The number of rotatable bonds is 6. The van der Waals surface area contributed by atoms with Crippen LogP contribution in [0.4, 0.5) is 4.39 Å². The van der Waals surface area contributed by atoms with Gasteiger partial charge in [0.1, 0.15) is 11.6 Å². The van der Waals surface area contributed by atoms with Crippen LogP contribution in [0.1, 0.15) is 23.2 Å². The molecule has 34 heavy (non-hydrogen) atoms. The maximum absolute atomic E-state index is 13.6. The second-order valence-corrected chi connectivity index (χ2v) is 10.9. The summed E-state index contributed by atoms with van der Waals surface area (Å²) in [6, 6.07) is 19.4. The Morgan fingerprint density at radius 1 is 1.06 bits per heavy atom. The molecule has 174 valence electrons. The minimum atomic E-state index is -3.04. The molecule has 0 bridgehead atoms. The fourth-order valence-corrected chi connectivity index (χ4v) is 6.57. The lowest BCUT2D eigenvalue weighted by Crippen LogP contribution is -2.10. The number of carbonyl (C=O) groups is 1. The molecule has 0 aliphatic carbocycles. The van der Waals surface area contributed by atoms with Crippen LogP contribution in [-0.4, -0.2) is 37.4 Å². The van der Waals surface area contributed by atoms with Crippen molar-refractivity contribution in [3.8, 4) is 22.6 Å².